The second kappa shape index (κ2) is 5.10. The van der Waals surface area contributed by atoms with Crippen molar-refractivity contribution in [1.29, 1.82) is 5.26 Å². The van der Waals surface area contributed by atoms with E-state index in [1.54, 1.807) is 0 Å². The Morgan fingerprint density at radius 3 is 2.62 bits per heavy atom. The summed E-state index contributed by atoms with van der Waals surface area (Å²) in [5.41, 5.74) is 1.11. The van der Waals surface area contributed by atoms with E-state index in [1.165, 1.54) is 0 Å². The van der Waals surface area contributed by atoms with Crippen LogP contribution < -0.4 is 0 Å². The summed E-state index contributed by atoms with van der Waals surface area (Å²) in [6, 6.07) is 11.7. The van der Waals surface area contributed by atoms with E-state index in [2.05, 4.69) is 0 Å². The number of aldehydes is 1. The molecule has 66 valence electrons. The van der Waals surface area contributed by atoms with Gasteiger partial charge in [0, 0.05) is 12.3 Å². The fourth-order valence-corrected chi connectivity index (χ4v) is 1.20. The lowest BCUT2D eigenvalue weighted by Gasteiger charge is -2.04. The van der Waals surface area contributed by atoms with Crippen molar-refractivity contribution >= 4 is 6.29 Å². The predicted octanol–water partition coefficient (Wildman–Crippen LogP) is 1.96. The van der Waals surface area contributed by atoms with Crippen LogP contribution in [0.3, 0.4) is 0 Å². The number of carbonyl (C=O) groups is 1. The van der Waals surface area contributed by atoms with Crippen molar-refractivity contribution in [3.8, 4) is 6.07 Å². The van der Waals surface area contributed by atoms with E-state index in [0.29, 0.717) is 12.8 Å². The van der Waals surface area contributed by atoms with Gasteiger partial charge in [0.15, 0.2) is 0 Å². The third kappa shape index (κ3) is 3.08. The molecule has 0 aliphatic rings. The third-order valence-corrected chi connectivity index (χ3v) is 1.89. The minimum absolute atomic E-state index is 0.160. The normalized spacial score (nSPS) is 11.6. The molecule has 0 saturated carbocycles. The van der Waals surface area contributed by atoms with Crippen LogP contribution >= 0.6 is 0 Å². The molecule has 0 N–H and O–H groups in total. The second-order valence-electron chi connectivity index (χ2n) is 2.95. The largest absolute Gasteiger partial charge is 0.303 e. The van der Waals surface area contributed by atoms with E-state index in [1.807, 2.05) is 36.4 Å². The maximum atomic E-state index is 10.5. The minimum atomic E-state index is -0.160. The van der Waals surface area contributed by atoms with Crippen LogP contribution in [0.25, 0.3) is 0 Å². The average Bonchev–Trinajstić information content (AvgIpc) is 2.19. The predicted molar refractivity (Wildman–Crippen MR) is 49.9 cm³/mol. The average molecular weight is 173 g/mol. The highest BCUT2D eigenvalue weighted by Crippen LogP contribution is 2.09. The van der Waals surface area contributed by atoms with E-state index in [4.69, 9.17) is 5.26 Å². The van der Waals surface area contributed by atoms with Crippen LogP contribution in [0, 0.1) is 17.2 Å². The SMILES string of the molecule is N#CC[C@H](C=O)Cc1ccccc1. The quantitative estimate of drug-likeness (QED) is 0.653. The van der Waals surface area contributed by atoms with Crippen LogP contribution in [0.1, 0.15) is 12.0 Å². The fourth-order valence-electron chi connectivity index (χ4n) is 1.20. The van der Waals surface area contributed by atoms with E-state index < -0.39 is 0 Å². The topological polar surface area (TPSA) is 40.9 Å². The van der Waals surface area contributed by atoms with E-state index in [-0.39, 0.29) is 5.92 Å². The highest BCUT2D eigenvalue weighted by atomic mass is 16.1. The van der Waals surface area contributed by atoms with Gasteiger partial charge in [-0.25, -0.2) is 0 Å². The van der Waals surface area contributed by atoms with Crippen LogP contribution in [0.2, 0.25) is 0 Å². The van der Waals surface area contributed by atoms with Gasteiger partial charge in [-0.05, 0) is 12.0 Å². The van der Waals surface area contributed by atoms with Gasteiger partial charge >= 0.3 is 0 Å². The first-order valence-electron chi connectivity index (χ1n) is 4.23. The Labute approximate surface area is 77.8 Å². The molecule has 0 amide bonds. The lowest BCUT2D eigenvalue weighted by atomic mass is 9.98. The summed E-state index contributed by atoms with van der Waals surface area (Å²) >= 11 is 0. The number of hydrogen-bond acceptors (Lipinski definition) is 2. The molecule has 0 spiro atoms. The van der Waals surface area contributed by atoms with E-state index in [9.17, 15) is 4.79 Å². The van der Waals surface area contributed by atoms with Crippen molar-refractivity contribution in [1.82, 2.24) is 0 Å². The van der Waals surface area contributed by atoms with E-state index >= 15 is 0 Å². The lowest BCUT2D eigenvalue weighted by molar-refractivity contribution is -0.110. The van der Waals surface area contributed by atoms with Crippen LogP contribution in [-0.2, 0) is 11.2 Å². The summed E-state index contributed by atoms with van der Waals surface area (Å²) in [4.78, 5) is 10.5. The first kappa shape index (κ1) is 9.47. The Bertz CT molecular complexity index is 300. The number of rotatable bonds is 4. The van der Waals surface area contributed by atoms with Crippen LogP contribution in [0.15, 0.2) is 30.3 Å². The van der Waals surface area contributed by atoms with Gasteiger partial charge in [0.05, 0.1) is 6.07 Å². The summed E-state index contributed by atoms with van der Waals surface area (Å²) < 4.78 is 0. The third-order valence-electron chi connectivity index (χ3n) is 1.89. The molecule has 2 nitrogen and oxygen atoms in total. The molecule has 13 heavy (non-hydrogen) atoms. The molecule has 0 aromatic heterocycles. The summed E-state index contributed by atoms with van der Waals surface area (Å²) in [6.45, 7) is 0. The first-order valence-corrected chi connectivity index (χ1v) is 4.23. The van der Waals surface area contributed by atoms with Gasteiger partial charge in [-0.15, -0.1) is 0 Å². The molecule has 0 aliphatic carbocycles. The molecule has 1 aromatic carbocycles. The maximum Gasteiger partial charge on any atom is 0.124 e. The van der Waals surface area contributed by atoms with Crippen molar-refractivity contribution in [3.05, 3.63) is 35.9 Å². The molecular weight excluding hydrogens is 162 g/mol. The molecule has 0 heterocycles. The first-order chi connectivity index (χ1) is 6.36. The summed E-state index contributed by atoms with van der Waals surface area (Å²) in [7, 11) is 0. The van der Waals surface area contributed by atoms with Gasteiger partial charge in [-0.3, -0.25) is 0 Å². The van der Waals surface area contributed by atoms with Gasteiger partial charge in [-0.1, -0.05) is 30.3 Å². The molecule has 0 bridgehead atoms. The Kier molecular flexibility index (Phi) is 3.72. The Morgan fingerprint density at radius 1 is 1.38 bits per heavy atom. The van der Waals surface area contributed by atoms with Crippen molar-refractivity contribution in [2.24, 2.45) is 5.92 Å². The van der Waals surface area contributed by atoms with Crippen LogP contribution in [-0.4, -0.2) is 6.29 Å². The number of nitriles is 1. The van der Waals surface area contributed by atoms with Gasteiger partial charge in [-0.2, -0.15) is 5.26 Å². The van der Waals surface area contributed by atoms with Gasteiger partial charge in [0.25, 0.3) is 0 Å². The lowest BCUT2D eigenvalue weighted by Crippen LogP contribution is -2.04. The van der Waals surface area contributed by atoms with Crippen molar-refractivity contribution in [3.63, 3.8) is 0 Å². The minimum Gasteiger partial charge on any atom is -0.303 e. The molecule has 2 heteroatoms. The molecule has 0 saturated heterocycles. The molecule has 1 rings (SSSR count). The molecule has 0 radical (unpaired) electrons. The molecule has 0 aliphatic heterocycles. The van der Waals surface area contributed by atoms with Gasteiger partial charge in [0.1, 0.15) is 6.29 Å². The zero-order valence-corrected chi connectivity index (χ0v) is 7.31. The highest BCUT2D eigenvalue weighted by Gasteiger charge is 2.06. The van der Waals surface area contributed by atoms with Crippen molar-refractivity contribution < 1.29 is 4.79 Å². The summed E-state index contributed by atoms with van der Waals surface area (Å²) in [5.74, 6) is -0.160. The number of nitrogens with zero attached hydrogens (tertiary/aromatic N) is 1. The summed E-state index contributed by atoms with van der Waals surface area (Å²) in [5, 5.41) is 8.44. The Morgan fingerprint density at radius 2 is 2.08 bits per heavy atom. The zero-order valence-electron chi connectivity index (χ0n) is 7.31. The number of carbonyl (C=O) groups excluding carboxylic acids is 1. The van der Waals surface area contributed by atoms with Crippen molar-refractivity contribution in [2.75, 3.05) is 0 Å². The van der Waals surface area contributed by atoms with Gasteiger partial charge < -0.3 is 4.79 Å². The highest BCUT2D eigenvalue weighted by molar-refractivity contribution is 5.54. The Hall–Kier alpha value is -1.62. The zero-order chi connectivity index (χ0) is 9.52. The number of hydrogen-bond donors (Lipinski definition) is 0. The monoisotopic (exact) mass is 173 g/mol. The second-order valence-corrected chi connectivity index (χ2v) is 2.95. The smallest absolute Gasteiger partial charge is 0.124 e. The Balaban J connectivity index is 2.57. The summed E-state index contributed by atoms with van der Waals surface area (Å²) in [6.07, 6.45) is 1.83. The van der Waals surface area contributed by atoms with Crippen molar-refractivity contribution in [2.45, 2.75) is 12.8 Å². The standard InChI is InChI=1S/C11H11NO/c12-7-6-11(9-13)8-10-4-2-1-3-5-10/h1-5,9,11H,6,8H2/t11-/m0/s1. The fraction of sp³-hybridized carbons (Fsp3) is 0.273. The molecule has 0 fully saturated rings. The molecule has 1 atom stereocenters. The van der Waals surface area contributed by atoms with Crippen LogP contribution in [0.5, 0.6) is 0 Å². The van der Waals surface area contributed by atoms with Crippen LogP contribution in [0.4, 0.5) is 0 Å². The molecule has 1 aromatic rings. The van der Waals surface area contributed by atoms with E-state index in [0.717, 1.165) is 11.8 Å². The molecular formula is C11H11NO. The maximum absolute atomic E-state index is 10.5. The molecule has 0 unspecified atom stereocenters. The van der Waals surface area contributed by atoms with Gasteiger partial charge in [0.2, 0.25) is 0 Å². The number of benzene rings is 1.